The monoisotopic (exact) mass is 318 g/mol. The zero-order valence-electron chi connectivity index (χ0n) is 15.4. The van der Waals surface area contributed by atoms with E-state index in [0.29, 0.717) is 6.04 Å². The van der Waals surface area contributed by atoms with Gasteiger partial charge in [0.1, 0.15) is 5.75 Å². The summed E-state index contributed by atoms with van der Waals surface area (Å²) in [5.41, 5.74) is 8.69. The van der Waals surface area contributed by atoms with E-state index in [2.05, 4.69) is 50.8 Å². The lowest BCUT2D eigenvalue weighted by atomic mass is 9.84. The van der Waals surface area contributed by atoms with Crippen molar-refractivity contribution in [3.63, 3.8) is 0 Å². The van der Waals surface area contributed by atoms with Gasteiger partial charge in [0.2, 0.25) is 0 Å². The second-order valence-electron chi connectivity index (χ2n) is 7.69. The maximum Gasteiger partial charge on any atom is 0.123 e. The van der Waals surface area contributed by atoms with Crippen molar-refractivity contribution in [3.8, 4) is 5.75 Å². The standard InChI is InChI=1S/C20H34N2O/c1-5-14-23-19-9-8-16(15-17(19)20(2,3)4)18(10-11-21)22-12-6-7-13-22/h8-9,15,18H,5-7,10-14,21H2,1-4H3. The third-order valence-corrected chi connectivity index (χ3v) is 4.68. The molecule has 1 aromatic rings. The van der Waals surface area contributed by atoms with Crippen LogP contribution in [0.2, 0.25) is 0 Å². The fourth-order valence-corrected chi connectivity index (χ4v) is 3.45. The summed E-state index contributed by atoms with van der Waals surface area (Å²) in [6, 6.07) is 7.23. The minimum absolute atomic E-state index is 0.0807. The Labute approximate surface area is 142 Å². The fourth-order valence-electron chi connectivity index (χ4n) is 3.45. The summed E-state index contributed by atoms with van der Waals surface area (Å²) >= 11 is 0. The minimum Gasteiger partial charge on any atom is -0.493 e. The third-order valence-electron chi connectivity index (χ3n) is 4.68. The van der Waals surface area contributed by atoms with E-state index in [1.165, 1.54) is 37.1 Å². The van der Waals surface area contributed by atoms with Gasteiger partial charge in [-0.2, -0.15) is 0 Å². The van der Waals surface area contributed by atoms with E-state index in [0.717, 1.165) is 31.7 Å². The summed E-state index contributed by atoms with van der Waals surface area (Å²) in [7, 11) is 0. The zero-order valence-corrected chi connectivity index (χ0v) is 15.4. The zero-order chi connectivity index (χ0) is 16.9. The van der Waals surface area contributed by atoms with Crippen LogP contribution in [0.25, 0.3) is 0 Å². The highest BCUT2D eigenvalue weighted by Gasteiger charge is 2.26. The Morgan fingerprint density at radius 3 is 2.48 bits per heavy atom. The first-order valence-electron chi connectivity index (χ1n) is 9.18. The quantitative estimate of drug-likeness (QED) is 0.816. The SMILES string of the molecule is CCCOc1ccc(C(CCN)N2CCCC2)cc1C(C)(C)C. The number of hydrogen-bond donors (Lipinski definition) is 1. The highest BCUT2D eigenvalue weighted by atomic mass is 16.5. The molecular weight excluding hydrogens is 284 g/mol. The minimum atomic E-state index is 0.0807. The average Bonchev–Trinajstić information content (AvgIpc) is 3.03. The van der Waals surface area contributed by atoms with Crippen molar-refractivity contribution in [1.82, 2.24) is 4.90 Å². The summed E-state index contributed by atoms with van der Waals surface area (Å²) in [5.74, 6) is 1.04. The van der Waals surface area contributed by atoms with E-state index >= 15 is 0 Å². The topological polar surface area (TPSA) is 38.5 Å². The summed E-state index contributed by atoms with van der Waals surface area (Å²) < 4.78 is 5.99. The van der Waals surface area contributed by atoms with Gasteiger partial charge in [-0.15, -0.1) is 0 Å². The van der Waals surface area contributed by atoms with Crippen molar-refractivity contribution < 1.29 is 4.74 Å². The summed E-state index contributed by atoms with van der Waals surface area (Å²) in [6.07, 6.45) is 4.68. The predicted molar refractivity (Wildman–Crippen MR) is 98.1 cm³/mol. The van der Waals surface area contributed by atoms with E-state index in [1.54, 1.807) is 0 Å². The number of hydrogen-bond acceptors (Lipinski definition) is 3. The molecule has 2 rings (SSSR count). The molecule has 1 aliphatic rings. The molecule has 2 N–H and O–H groups in total. The van der Waals surface area contributed by atoms with Crippen LogP contribution >= 0.6 is 0 Å². The molecule has 1 aliphatic heterocycles. The Kier molecular flexibility index (Phi) is 6.49. The first-order valence-corrected chi connectivity index (χ1v) is 9.18. The second kappa shape index (κ2) is 8.16. The molecule has 130 valence electrons. The molecule has 0 saturated carbocycles. The first-order chi connectivity index (χ1) is 11.0. The van der Waals surface area contributed by atoms with Crippen LogP contribution in [0.5, 0.6) is 5.75 Å². The summed E-state index contributed by atoms with van der Waals surface area (Å²) in [5, 5.41) is 0. The molecule has 23 heavy (non-hydrogen) atoms. The van der Waals surface area contributed by atoms with Crippen LogP contribution in [-0.2, 0) is 5.41 Å². The number of ether oxygens (including phenoxy) is 1. The molecule has 1 saturated heterocycles. The van der Waals surface area contributed by atoms with Crippen LogP contribution in [0.15, 0.2) is 18.2 Å². The van der Waals surface area contributed by atoms with Crippen molar-refractivity contribution >= 4 is 0 Å². The van der Waals surface area contributed by atoms with Crippen LogP contribution in [0.1, 0.15) is 70.5 Å². The molecule has 1 unspecified atom stereocenters. The second-order valence-corrected chi connectivity index (χ2v) is 7.69. The van der Waals surface area contributed by atoms with Crippen LogP contribution in [0.4, 0.5) is 0 Å². The molecule has 1 fully saturated rings. The Balaban J connectivity index is 2.33. The van der Waals surface area contributed by atoms with Crippen LogP contribution in [-0.4, -0.2) is 31.1 Å². The fraction of sp³-hybridized carbons (Fsp3) is 0.700. The molecule has 0 bridgehead atoms. The number of nitrogens with zero attached hydrogens (tertiary/aromatic N) is 1. The van der Waals surface area contributed by atoms with Crippen molar-refractivity contribution in [2.24, 2.45) is 5.73 Å². The number of likely N-dealkylation sites (tertiary alicyclic amines) is 1. The molecule has 0 radical (unpaired) electrons. The van der Waals surface area contributed by atoms with Crippen molar-refractivity contribution in [2.75, 3.05) is 26.2 Å². The normalized spacial score (nSPS) is 17.4. The highest BCUT2D eigenvalue weighted by Crippen LogP contribution is 2.36. The largest absolute Gasteiger partial charge is 0.493 e. The van der Waals surface area contributed by atoms with Gasteiger partial charge < -0.3 is 10.5 Å². The molecule has 3 heteroatoms. The highest BCUT2D eigenvalue weighted by molar-refractivity contribution is 5.42. The average molecular weight is 319 g/mol. The van der Waals surface area contributed by atoms with E-state index in [4.69, 9.17) is 10.5 Å². The number of benzene rings is 1. The Bertz CT molecular complexity index is 487. The van der Waals surface area contributed by atoms with Gasteiger partial charge in [0.25, 0.3) is 0 Å². The lowest BCUT2D eigenvalue weighted by Gasteiger charge is -2.30. The maximum absolute atomic E-state index is 5.99. The van der Waals surface area contributed by atoms with Gasteiger partial charge >= 0.3 is 0 Å². The van der Waals surface area contributed by atoms with Crippen LogP contribution in [0.3, 0.4) is 0 Å². The van der Waals surface area contributed by atoms with Crippen LogP contribution in [0, 0.1) is 0 Å². The molecule has 0 amide bonds. The molecule has 0 spiro atoms. The summed E-state index contributed by atoms with van der Waals surface area (Å²) in [6.45, 7) is 12.8. The molecule has 1 atom stereocenters. The molecule has 1 heterocycles. The molecule has 3 nitrogen and oxygen atoms in total. The third kappa shape index (κ3) is 4.71. The lowest BCUT2D eigenvalue weighted by Crippen LogP contribution is -2.28. The van der Waals surface area contributed by atoms with Gasteiger partial charge in [0.15, 0.2) is 0 Å². The van der Waals surface area contributed by atoms with Gasteiger partial charge in [-0.05, 0) is 74.0 Å². The molecule has 0 aromatic heterocycles. The Morgan fingerprint density at radius 1 is 1.22 bits per heavy atom. The first kappa shape index (κ1) is 18.3. The molecule has 1 aromatic carbocycles. The smallest absolute Gasteiger partial charge is 0.123 e. The van der Waals surface area contributed by atoms with E-state index in [9.17, 15) is 0 Å². The maximum atomic E-state index is 5.99. The lowest BCUT2D eigenvalue weighted by molar-refractivity contribution is 0.235. The Morgan fingerprint density at radius 2 is 1.91 bits per heavy atom. The van der Waals surface area contributed by atoms with Gasteiger partial charge in [-0.25, -0.2) is 0 Å². The van der Waals surface area contributed by atoms with Crippen molar-refractivity contribution in [1.29, 1.82) is 0 Å². The number of nitrogens with two attached hydrogens (primary N) is 1. The van der Waals surface area contributed by atoms with E-state index in [-0.39, 0.29) is 5.41 Å². The van der Waals surface area contributed by atoms with Crippen molar-refractivity contribution in [3.05, 3.63) is 29.3 Å². The van der Waals surface area contributed by atoms with Crippen LogP contribution < -0.4 is 10.5 Å². The van der Waals surface area contributed by atoms with E-state index < -0.39 is 0 Å². The molecule has 0 aliphatic carbocycles. The van der Waals surface area contributed by atoms with Gasteiger partial charge in [-0.3, -0.25) is 4.90 Å². The predicted octanol–water partition coefficient (Wildman–Crippen LogP) is 4.26. The number of rotatable bonds is 7. The Hall–Kier alpha value is -1.06. The van der Waals surface area contributed by atoms with Crippen molar-refractivity contribution in [2.45, 2.75) is 64.8 Å². The summed E-state index contributed by atoms with van der Waals surface area (Å²) in [4.78, 5) is 2.60. The van der Waals surface area contributed by atoms with Gasteiger partial charge in [0.05, 0.1) is 6.61 Å². The molecular formula is C20H34N2O. The van der Waals surface area contributed by atoms with Gasteiger partial charge in [-0.1, -0.05) is 33.8 Å². The van der Waals surface area contributed by atoms with Gasteiger partial charge in [0, 0.05) is 6.04 Å². The van der Waals surface area contributed by atoms with E-state index in [1.807, 2.05) is 0 Å².